The molecule has 1 rings (SSSR count). The molecule has 1 aromatic carbocycles. The Morgan fingerprint density at radius 2 is 1.88 bits per heavy atom. The van der Waals surface area contributed by atoms with E-state index in [0.29, 0.717) is 35.3 Å². The third kappa shape index (κ3) is 3.70. The van der Waals surface area contributed by atoms with Crippen molar-refractivity contribution >= 4 is 17.7 Å². The third-order valence-electron chi connectivity index (χ3n) is 2.38. The predicted octanol–water partition coefficient (Wildman–Crippen LogP) is 3.48. The number of hydrogen-bond donors (Lipinski definition) is 0. The summed E-state index contributed by atoms with van der Waals surface area (Å²) >= 11 is 0.411. The van der Waals surface area contributed by atoms with Crippen molar-refractivity contribution in [1.82, 2.24) is 4.90 Å². The second-order valence-electron chi connectivity index (χ2n) is 3.35. The summed E-state index contributed by atoms with van der Waals surface area (Å²) in [6.45, 7) is 4.88. The molecule has 17 heavy (non-hydrogen) atoms. The first kappa shape index (κ1) is 14.0. The van der Waals surface area contributed by atoms with E-state index in [1.54, 1.807) is 29.2 Å². The van der Waals surface area contributed by atoms with Crippen LogP contribution in [0.3, 0.4) is 0 Å². The molecule has 0 aliphatic heterocycles. The molecular formula is C12H15F2NOS. The van der Waals surface area contributed by atoms with Gasteiger partial charge in [-0.3, -0.25) is 4.79 Å². The number of carbonyl (C=O) groups excluding carboxylic acids is 1. The minimum atomic E-state index is -2.51. The van der Waals surface area contributed by atoms with E-state index in [4.69, 9.17) is 0 Å². The van der Waals surface area contributed by atoms with E-state index in [9.17, 15) is 13.6 Å². The number of nitrogens with zero attached hydrogens (tertiary/aromatic N) is 1. The molecule has 0 aliphatic rings. The van der Waals surface area contributed by atoms with Gasteiger partial charge < -0.3 is 4.90 Å². The zero-order valence-corrected chi connectivity index (χ0v) is 10.6. The number of amides is 1. The fourth-order valence-electron chi connectivity index (χ4n) is 1.52. The van der Waals surface area contributed by atoms with Crippen molar-refractivity contribution in [3.8, 4) is 0 Å². The minimum absolute atomic E-state index is 0.196. The highest BCUT2D eigenvalue weighted by Gasteiger charge is 2.18. The molecule has 1 aromatic rings. The van der Waals surface area contributed by atoms with E-state index >= 15 is 0 Å². The standard InChI is InChI=1S/C12H15F2NOS/c1-3-15(4-2)11(16)9-7-5-6-8-10(9)17-12(13)14/h5-8,12H,3-4H2,1-2H3. The molecule has 1 amide bonds. The smallest absolute Gasteiger partial charge is 0.288 e. The first-order valence-electron chi connectivity index (χ1n) is 5.43. The van der Waals surface area contributed by atoms with Crippen molar-refractivity contribution in [1.29, 1.82) is 0 Å². The zero-order valence-electron chi connectivity index (χ0n) is 9.82. The van der Waals surface area contributed by atoms with Crippen LogP contribution in [0, 0.1) is 0 Å². The second kappa shape index (κ2) is 6.59. The van der Waals surface area contributed by atoms with Crippen molar-refractivity contribution in [2.45, 2.75) is 24.5 Å². The average molecular weight is 259 g/mol. The monoisotopic (exact) mass is 259 g/mol. The lowest BCUT2D eigenvalue weighted by Gasteiger charge is -2.20. The molecule has 0 fully saturated rings. The SMILES string of the molecule is CCN(CC)C(=O)c1ccccc1SC(F)F. The average Bonchev–Trinajstić information content (AvgIpc) is 2.30. The molecule has 94 valence electrons. The van der Waals surface area contributed by atoms with Crippen LogP contribution in [0.2, 0.25) is 0 Å². The number of hydrogen-bond acceptors (Lipinski definition) is 2. The van der Waals surface area contributed by atoms with Crippen LogP contribution in [-0.2, 0) is 0 Å². The number of carbonyl (C=O) groups is 1. The predicted molar refractivity (Wildman–Crippen MR) is 65.6 cm³/mol. The summed E-state index contributed by atoms with van der Waals surface area (Å²) in [4.78, 5) is 14.0. The lowest BCUT2D eigenvalue weighted by Crippen LogP contribution is -2.30. The largest absolute Gasteiger partial charge is 0.339 e. The summed E-state index contributed by atoms with van der Waals surface area (Å²) < 4.78 is 24.7. The summed E-state index contributed by atoms with van der Waals surface area (Å²) in [7, 11) is 0. The summed E-state index contributed by atoms with van der Waals surface area (Å²) in [5, 5.41) is 0. The topological polar surface area (TPSA) is 20.3 Å². The lowest BCUT2D eigenvalue weighted by atomic mass is 10.2. The van der Waals surface area contributed by atoms with Crippen LogP contribution in [0.5, 0.6) is 0 Å². The Balaban J connectivity index is 2.99. The molecule has 0 atom stereocenters. The zero-order chi connectivity index (χ0) is 12.8. The van der Waals surface area contributed by atoms with Crippen LogP contribution in [0.15, 0.2) is 29.2 Å². The number of thioether (sulfide) groups is 1. The van der Waals surface area contributed by atoms with Crippen LogP contribution < -0.4 is 0 Å². The Hall–Kier alpha value is -1.10. The van der Waals surface area contributed by atoms with Gasteiger partial charge in [0.05, 0.1) is 5.56 Å². The Kier molecular flexibility index (Phi) is 5.41. The Bertz CT molecular complexity index is 381. The summed E-state index contributed by atoms with van der Waals surface area (Å²) in [6.07, 6.45) is 0. The van der Waals surface area contributed by atoms with Crippen molar-refractivity contribution in [3.63, 3.8) is 0 Å². The molecule has 0 unspecified atom stereocenters. The number of benzene rings is 1. The molecule has 0 saturated heterocycles. The lowest BCUT2D eigenvalue weighted by molar-refractivity contribution is 0.0769. The summed E-state index contributed by atoms with van der Waals surface area (Å²) in [6, 6.07) is 6.48. The maximum atomic E-state index is 12.4. The maximum absolute atomic E-state index is 12.4. The van der Waals surface area contributed by atoms with E-state index in [1.807, 2.05) is 13.8 Å². The first-order valence-corrected chi connectivity index (χ1v) is 6.31. The molecule has 5 heteroatoms. The van der Waals surface area contributed by atoms with E-state index in [1.165, 1.54) is 0 Å². The van der Waals surface area contributed by atoms with Crippen LogP contribution in [-0.4, -0.2) is 29.7 Å². The molecule has 0 heterocycles. The Morgan fingerprint density at radius 1 is 1.29 bits per heavy atom. The van der Waals surface area contributed by atoms with Gasteiger partial charge in [0.25, 0.3) is 11.7 Å². The van der Waals surface area contributed by atoms with Crippen LogP contribution >= 0.6 is 11.8 Å². The highest BCUT2D eigenvalue weighted by Crippen LogP contribution is 2.29. The van der Waals surface area contributed by atoms with Gasteiger partial charge in [0.15, 0.2) is 0 Å². The van der Waals surface area contributed by atoms with Gasteiger partial charge in [0, 0.05) is 18.0 Å². The summed E-state index contributed by atoms with van der Waals surface area (Å²) in [5.41, 5.74) is 0.349. The molecule has 0 saturated carbocycles. The van der Waals surface area contributed by atoms with Gasteiger partial charge >= 0.3 is 0 Å². The molecule has 0 radical (unpaired) electrons. The molecule has 0 bridgehead atoms. The normalized spacial score (nSPS) is 10.6. The van der Waals surface area contributed by atoms with Gasteiger partial charge in [0.1, 0.15) is 0 Å². The Labute approximate surface area is 104 Å². The fourth-order valence-corrected chi connectivity index (χ4v) is 2.15. The molecule has 0 aromatic heterocycles. The van der Waals surface area contributed by atoms with Crippen molar-refractivity contribution in [2.24, 2.45) is 0 Å². The first-order chi connectivity index (χ1) is 8.10. The van der Waals surface area contributed by atoms with Crippen LogP contribution in [0.1, 0.15) is 24.2 Å². The van der Waals surface area contributed by atoms with E-state index in [0.717, 1.165) is 0 Å². The molecule has 2 nitrogen and oxygen atoms in total. The van der Waals surface area contributed by atoms with E-state index in [2.05, 4.69) is 0 Å². The van der Waals surface area contributed by atoms with E-state index in [-0.39, 0.29) is 5.91 Å². The van der Waals surface area contributed by atoms with Gasteiger partial charge in [-0.05, 0) is 26.0 Å². The molecule has 0 spiro atoms. The van der Waals surface area contributed by atoms with Gasteiger partial charge in [-0.25, -0.2) is 0 Å². The molecule has 0 N–H and O–H groups in total. The number of rotatable bonds is 5. The van der Waals surface area contributed by atoms with E-state index < -0.39 is 5.76 Å². The summed E-state index contributed by atoms with van der Waals surface area (Å²) in [5.74, 6) is -2.71. The minimum Gasteiger partial charge on any atom is -0.339 e. The fraction of sp³-hybridized carbons (Fsp3) is 0.417. The molecular weight excluding hydrogens is 244 g/mol. The van der Waals surface area contributed by atoms with Gasteiger partial charge in [-0.2, -0.15) is 8.78 Å². The molecule has 0 aliphatic carbocycles. The Morgan fingerprint density at radius 3 is 2.41 bits per heavy atom. The van der Waals surface area contributed by atoms with Crippen molar-refractivity contribution in [3.05, 3.63) is 29.8 Å². The highest BCUT2D eigenvalue weighted by molar-refractivity contribution is 7.99. The number of halogens is 2. The van der Waals surface area contributed by atoms with Crippen LogP contribution in [0.25, 0.3) is 0 Å². The maximum Gasteiger partial charge on any atom is 0.288 e. The quantitative estimate of drug-likeness (QED) is 0.754. The van der Waals surface area contributed by atoms with Crippen LogP contribution in [0.4, 0.5) is 8.78 Å². The number of alkyl halides is 2. The second-order valence-corrected chi connectivity index (χ2v) is 4.38. The van der Waals surface area contributed by atoms with Crippen molar-refractivity contribution in [2.75, 3.05) is 13.1 Å². The van der Waals surface area contributed by atoms with Gasteiger partial charge in [-0.15, -0.1) is 0 Å². The van der Waals surface area contributed by atoms with Crippen molar-refractivity contribution < 1.29 is 13.6 Å². The third-order valence-corrected chi connectivity index (χ3v) is 3.17. The van der Waals surface area contributed by atoms with Gasteiger partial charge in [0.2, 0.25) is 0 Å². The highest BCUT2D eigenvalue weighted by atomic mass is 32.2. The van der Waals surface area contributed by atoms with Gasteiger partial charge in [-0.1, -0.05) is 23.9 Å².